The van der Waals surface area contributed by atoms with Crippen LogP contribution in [0.5, 0.6) is 0 Å². The number of anilines is 1. The number of aromatic nitrogens is 3. The average Bonchev–Trinajstić information content (AvgIpc) is 3.36. The highest BCUT2D eigenvalue weighted by atomic mass is 16.7. The first-order valence-corrected chi connectivity index (χ1v) is 10.5. The standard InChI is InChI=1S/C20H28N6O6/c1-22-12-20(17-3-2-14-18(21)23-13-24-26(14)17)10-15(27)16(32-20)11-31-19(28)30-9-6-25-4-7-29-8-5-25/h2-3,13,15-16,27H,1,4-12H2,(H2,21,23,24)/t15-,16+,20-/m0/s1. The summed E-state index contributed by atoms with van der Waals surface area (Å²) in [5.41, 5.74) is 6.21. The number of carbonyl (C=O) groups is 1. The molecule has 12 nitrogen and oxygen atoms in total. The number of hydrogen-bond donors (Lipinski definition) is 2. The summed E-state index contributed by atoms with van der Waals surface area (Å²) in [6.45, 7) is 7.41. The summed E-state index contributed by atoms with van der Waals surface area (Å²) >= 11 is 0. The predicted octanol–water partition coefficient (Wildman–Crippen LogP) is -0.157. The number of aliphatic imine (C=N–C) groups is 1. The zero-order chi connectivity index (χ0) is 22.6. The van der Waals surface area contributed by atoms with E-state index in [4.69, 9.17) is 24.7 Å². The van der Waals surface area contributed by atoms with E-state index in [-0.39, 0.29) is 26.2 Å². The highest BCUT2D eigenvalue weighted by Crippen LogP contribution is 2.40. The number of morpholine rings is 1. The van der Waals surface area contributed by atoms with Crippen molar-refractivity contribution in [2.24, 2.45) is 4.99 Å². The lowest BCUT2D eigenvalue weighted by molar-refractivity contribution is -0.0825. The molecule has 0 saturated carbocycles. The number of nitrogens with zero attached hydrogens (tertiary/aromatic N) is 5. The van der Waals surface area contributed by atoms with Crippen LogP contribution in [0.1, 0.15) is 12.1 Å². The van der Waals surface area contributed by atoms with Crippen LogP contribution in [-0.4, -0.2) is 102 Å². The Balaban J connectivity index is 1.36. The molecule has 2 fully saturated rings. The van der Waals surface area contributed by atoms with E-state index in [1.54, 1.807) is 16.6 Å². The van der Waals surface area contributed by atoms with Gasteiger partial charge < -0.3 is 29.8 Å². The van der Waals surface area contributed by atoms with E-state index in [0.717, 1.165) is 13.1 Å². The Morgan fingerprint density at radius 1 is 1.38 bits per heavy atom. The molecular formula is C20H28N6O6. The van der Waals surface area contributed by atoms with Crippen molar-refractivity contribution in [1.29, 1.82) is 0 Å². The number of ether oxygens (including phenoxy) is 4. The van der Waals surface area contributed by atoms with Crippen LogP contribution in [0.2, 0.25) is 0 Å². The minimum absolute atomic E-state index is 0.156. The Bertz CT molecular complexity index is 948. The number of carbonyl (C=O) groups excluding carboxylic acids is 1. The first kappa shape index (κ1) is 22.4. The van der Waals surface area contributed by atoms with E-state index < -0.39 is 24.0 Å². The van der Waals surface area contributed by atoms with Crippen LogP contribution in [-0.2, 0) is 24.5 Å². The van der Waals surface area contributed by atoms with Crippen LogP contribution in [0.4, 0.5) is 10.6 Å². The van der Waals surface area contributed by atoms with Gasteiger partial charge in [0.05, 0.1) is 31.6 Å². The Hall–Kier alpha value is -2.80. The van der Waals surface area contributed by atoms with Crippen molar-refractivity contribution in [2.75, 3.05) is 58.3 Å². The zero-order valence-corrected chi connectivity index (χ0v) is 17.8. The number of hydrogen-bond acceptors (Lipinski definition) is 11. The van der Waals surface area contributed by atoms with E-state index in [0.29, 0.717) is 36.8 Å². The minimum Gasteiger partial charge on any atom is -0.433 e. The molecule has 0 unspecified atom stereocenters. The smallest absolute Gasteiger partial charge is 0.433 e. The SMILES string of the molecule is C=NC[C@]1(c2ccc3c(N)ncnn23)C[C@H](O)[C@@H](COC(=O)OCCN2CCOCC2)O1. The van der Waals surface area contributed by atoms with Crippen LogP contribution in [0, 0.1) is 0 Å². The van der Waals surface area contributed by atoms with Gasteiger partial charge >= 0.3 is 6.16 Å². The van der Waals surface area contributed by atoms with Crippen LogP contribution < -0.4 is 5.73 Å². The zero-order valence-electron chi connectivity index (χ0n) is 17.8. The highest BCUT2D eigenvalue weighted by molar-refractivity contribution is 5.65. The Morgan fingerprint density at radius 2 is 2.19 bits per heavy atom. The molecule has 0 aromatic carbocycles. The van der Waals surface area contributed by atoms with Crippen molar-refractivity contribution < 1.29 is 28.8 Å². The molecule has 0 radical (unpaired) electrons. The Kier molecular flexibility index (Phi) is 6.84. The summed E-state index contributed by atoms with van der Waals surface area (Å²) in [7, 11) is 0. The van der Waals surface area contributed by atoms with Gasteiger partial charge in [0, 0.05) is 26.1 Å². The second-order valence-electron chi connectivity index (χ2n) is 7.83. The third-order valence-corrected chi connectivity index (χ3v) is 5.76. The molecular weight excluding hydrogens is 420 g/mol. The van der Waals surface area contributed by atoms with E-state index >= 15 is 0 Å². The molecule has 0 aliphatic carbocycles. The minimum atomic E-state index is -0.997. The quantitative estimate of drug-likeness (QED) is 0.413. The second kappa shape index (κ2) is 9.77. The fourth-order valence-corrected chi connectivity index (χ4v) is 4.13. The van der Waals surface area contributed by atoms with Crippen LogP contribution >= 0.6 is 0 Å². The number of aliphatic hydroxyl groups is 1. The number of rotatable bonds is 8. The molecule has 3 N–H and O–H groups in total. The summed E-state index contributed by atoms with van der Waals surface area (Å²) < 4.78 is 23.4. The monoisotopic (exact) mass is 448 g/mol. The van der Waals surface area contributed by atoms with Gasteiger partial charge in [0.2, 0.25) is 0 Å². The van der Waals surface area contributed by atoms with Gasteiger partial charge in [0.25, 0.3) is 0 Å². The summed E-state index contributed by atoms with van der Waals surface area (Å²) in [5, 5.41) is 14.9. The molecule has 0 spiro atoms. The molecule has 2 aliphatic heterocycles. The van der Waals surface area contributed by atoms with Crippen molar-refractivity contribution in [3.05, 3.63) is 24.2 Å². The second-order valence-corrected chi connectivity index (χ2v) is 7.83. The Labute approximate surface area is 184 Å². The predicted molar refractivity (Wildman–Crippen MR) is 114 cm³/mol. The third-order valence-electron chi connectivity index (χ3n) is 5.76. The molecule has 2 aromatic heterocycles. The van der Waals surface area contributed by atoms with Gasteiger partial charge in [-0.3, -0.25) is 9.89 Å². The fourth-order valence-electron chi connectivity index (χ4n) is 4.13. The first-order valence-electron chi connectivity index (χ1n) is 10.5. The third kappa shape index (κ3) is 4.67. The first-order chi connectivity index (χ1) is 15.5. The van der Waals surface area contributed by atoms with Crippen molar-refractivity contribution >= 4 is 24.2 Å². The molecule has 2 aromatic rings. The molecule has 174 valence electrons. The molecule has 12 heteroatoms. The van der Waals surface area contributed by atoms with Gasteiger partial charge in [-0.1, -0.05) is 0 Å². The largest absolute Gasteiger partial charge is 0.508 e. The maximum atomic E-state index is 12.0. The molecule has 3 atom stereocenters. The number of nitrogen functional groups attached to an aromatic ring is 1. The van der Waals surface area contributed by atoms with E-state index in [1.807, 2.05) is 0 Å². The fraction of sp³-hybridized carbons (Fsp3) is 0.600. The van der Waals surface area contributed by atoms with Gasteiger partial charge in [-0.2, -0.15) is 5.10 Å². The topological polar surface area (TPSA) is 146 Å². The van der Waals surface area contributed by atoms with Crippen molar-refractivity contribution in [3.63, 3.8) is 0 Å². The van der Waals surface area contributed by atoms with Gasteiger partial charge in [0.15, 0.2) is 5.82 Å². The molecule has 2 aliphatic rings. The van der Waals surface area contributed by atoms with Crippen LogP contribution in [0.25, 0.3) is 5.52 Å². The summed E-state index contributed by atoms with van der Waals surface area (Å²) in [5.74, 6) is 0.325. The molecule has 32 heavy (non-hydrogen) atoms. The Morgan fingerprint density at radius 3 is 2.97 bits per heavy atom. The maximum absolute atomic E-state index is 12.0. The maximum Gasteiger partial charge on any atom is 0.508 e. The highest BCUT2D eigenvalue weighted by Gasteiger charge is 2.49. The van der Waals surface area contributed by atoms with Gasteiger partial charge in [-0.25, -0.2) is 14.3 Å². The van der Waals surface area contributed by atoms with E-state index in [9.17, 15) is 9.90 Å². The van der Waals surface area contributed by atoms with Crippen molar-refractivity contribution in [1.82, 2.24) is 19.5 Å². The van der Waals surface area contributed by atoms with E-state index in [1.165, 1.54) is 6.33 Å². The van der Waals surface area contributed by atoms with Crippen molar-refractivity contribution in [2.45, 2.75) is 24.2 Å². The van der Waals surface area contributed by atoms with Crippen LogP contribution in [0.15, 0.2) is 23.5 Å². The summed E-state index contributed by atoms with van der Waals surface area (Å²) in [6.07, 6.45) is -0.875. The lowest BCUT2D eigenvalue weighted by atomic mass is 9.94. The molecule has 0 amide bonds. The molecule has 0 bridgehead atoms. The van der Waals surface area contributed by atoms with Gasteiger partial charge in [-0.05, 0) is 18.9 Å². The summed E-state index contributed by atoms with van der Waals surface area (Å²) in [4.78, 5) is 22.1. The van der Waals surface area contributed by atoms with Crippen molar-refractivity contribution in [3.8, 4) is 0 Å². The van der Waals surface area contributed by atoms with Gasteiger partial charge in [-0.15, -0.1) is 0 Å². The molecule has 2 saturated heterocycles. The lowest BCUT2D eigenvalue weighted by Gasteiger charge is -2.27. The number of aliphatic hydroxyl groups excluding tert-OH is 1. The van der Waals surface area contributed by atoms with Gasteiger partial charge in [0.1, 0.15) is 36.8 Å². The molecule has 4 rings (SSSR count). The van der Waals surface area contributed by atoms with E-state index in [2.05, 4.69) is 26.7 Å². The molecule has 4 heterocycles. The lowest BCUT2D eigenvalue weighted by Crippen LogP contribution is -2.38. The number of fused-ring (bicyclic) bond motifs is 1. The average molecular weight is 448 g/mol. The summed E-state index contributed by atoms with van der Waals surface area (Å²) in [6, 6.07) is 3.59. The van der Waals surface area contributed by atoms with Crippen LogP contribution in [0.3, 0.4) is 0 Å². The normalized spacial score (nSPS) is 26.3. The number of nitrogens with two attached hydrogens (primary N) is 1.